The minimum Gasteiger partial charge on any atom is -0.357 e. The summed E-state index contributed by atoms with van der Waals surface area (Å²) in [4.78, 5) is 18.6. The lowest BCUT2D eigenvalue weighted by molar-refractivity contribution is -0.116. The van der Waals surface area contributed by atoms with Crippen LogP contribution in [0.5, 0.6) is 0 Å². The molecule has 1 aliphatic rings. The van der Waals surface area contributed by atoms with Crippen LogP contribution in [0.4, 0.5) is 11.5 Å². The Morgan fingerprint density at radius 1 is 1.37 bits per heavy atom. The van der Waals surface area contributed by atoms with Crippen LogP contribution in [0.2, 0.25) is 0 Å². The van der Waals surface area contributed by atoms with Crippen LogP contribution >= 0.6 is 0 Å². The van der Waals surface area contributed by atoms with Gasteiger partial charge in [0.05, 0.1) is 11.4 Å². The summed E-state index contributed by atoms with van der Waals surface area (Å²) in [5.41, 5.74) is 1.73. The van der Waals surface area contributed by atoms with Crippen molar-refractivity contribution in [2.24, 2.45) is 0 Å². The summed E-state index contributed by atoms with van der Waals surface area (Å²) in [6.07, 6.45) is 5.05. The van der Waals surface area contributed by atoms with E-state index in [9.17, 15) is 4.79 Å². The minimum absolute atomic E-state index is 0.0840. The highest BCUT2D eigenvalue weighted by Gasteiger charge is 2.14. The van der Waals surface area contributed by atoms with Gasteiger partial charge in [-0.05, 0) is 38.3 Å². The van der Waals surface area contributed by atoms with Crippen molar-refractivity contribution in [1.82, 2.24) is 4.98 Å². The summed E-state index contributed by atoms with van der Waals surface area (Å²) in [6, 6.07) is 3.98. The van der Waals surface area contributed by atoms with Crippen molar-refractivity contribution in [1.29, 1.82) is 0 Å². The number of aromatic nitrogens is 1. The normalized spacial score (nSPS) is 14.7. The summed E-state index contributed by atoms with van der Waals surface area (Å²) in [7, 11) is 0. The van der Waals surface area contributed by atoms with E-state index in [1.165, 1.54) is 12.8 Å². The van der Waals surface area contributed by atoms with Gasteiger partial charge >= 0.3 is 0 Å². The number of anilines is 2. The summed E-state index contributed by atoms with van der Waals surface area (Å²) in [5.74, 6) is 1.11. The predicted octanol–water partition coefficient (Wildman–Crippen LogP) is 3.12. The molecule has 104 valence electrons. The third-order valence-corrected chi connectivity index (χ3v) is 3.53. The number of aryl methyl sites for hydroxylation is 1. The number of carbonyl (C=O) groups excluding carboxylic acids is 1. The second kappa shape index (κ2) is 6.55. The van der Waals surface area contributed by atoms with Crippen LogP contribution in [-0.2, 0) is 4.79 Å². The molecule has 19 heavy (non-hydrogen) atoms. The quantitative estimate of drug-likeness (QED) is 0.885. The molecule has 1 N–H and O–H groups in total. The van der Waals surface area contributed by atoms with Crippen LogP contribution in [0, 0.1) is 6.92 Å². The number of pyridine rings is 1. The molecule has 1 saturated heterocycles. The number of nitrogens with zero attached hydrogens (tertiary/aromatic N) is 2. The molecule has 2 rings (SSSR count). The van der Waals surface area contributed by atoms with E-state index in [0.29, 0.717) is 6.42 Å². The zero-order valence-corrected chi connectivity index (χ0v) is 11.9. The van der Waals surface area contributed by atoms with Gasteiger partial charge in [0.15, 0.2) is 0 Å². The number of nitrogens with one attached hydrogen (secondary N) is 1. The first-order valence-electron chi connectivity index (χ1n) is 7.23. The summed E-state index contributed by atoms with van der Waals surface area (Å²) < 4.78 is 0. The van der Waals surface area contributed by atoms with Gasteiger partial charge in [0.1, 0.15) is 5.82 Å². The van der Waals surface area contributed by atoms with Gasteiger partial charge in [-0.2, -0.15) is 0 Å². The van der Waals surface area contributed by atoms with Gasteiger partial charge < -0.3 is 10.2 Å². The van der Waals surface area contributed by atoms with Crippen molar-refractivity contribution in [3.8, 4) is 0 Å². The van der Waals surface area contributed by atoms with Crippen molar-refractivity contribution in [2.45, 2.75) is 46.0 Å². The Hall–Kier alpha value is -1.58. The van der Waals surface area contributed by atoms with Crippen LogP contribution in [-0.4, -0.2) is 24.0 Å². The fourth-order valence-electron chi connectivity index (χ4n) is 2.35. The highest BCUT2D eigenvalue weighted by molar-refractivity contribution is 5.91. The van der Waals surface area contributed by atoms with E-state index in [4.69, 9.17) is 0 Å². The number of hydrogen-bond donors (Lipinski definition) is 1. The molecule has 0 radical (unpaired) electrons. The van der Waals surface area contributed by atoms with Crippen molar-refractivity contribution < 1.29 is 4.79 Å². The molecule has 1 amide bonds. The van der Waals surface area contributed by atoms with Gasteiger partial charge in [-0.3, -0.25) is 4.79 Å². The fraction of sp³-hybridized carbons (Fsp3) is 0.600. The topological polar surface area (TPSA) is 45.2 Å². The second-order valence-electron chi connectivity index (χ2n) is 5.15. The van der Waals surface area contributed by atoms with Crippen LogP contribution in [0.15, 0.2) is 12.1 Å². The molecular weight excluding hydrogens is 238 g/mol. The molecule has 0 saturated carbocycles. The summed E-state index contributed by atoms with van der Waals surface area (Å²) in [5, 5.41) is 2.94. The van der Waals surface area contributed by atoms with E-state index in [-0.39, 0.29) is 5.91 Å². The molecule has 0 aromatic carbocycles. The van der Waals surface area contributed by atoms with Gasteiger partial charge in [-0.15, -0.1) is 0 Å². The fourth-order valence-corrected chi connectivity index (χ4v) is 2.35. The van der Waals surface area contributed by atoms with E-state index in [2.05, 4.69) is 22.1 Å². The Morgan fingerprint density at radius 2 is 2.11 bits per heavy atom. The molecule has 0 spiro atoms. The monoisotopic (exact) mass is 261 g/mol. The van der Waals surface area contributed by atoms with Crippen LogP contribution in [0.1, 0.15) is 44.7 Å². The first kappa shape index (κ1) is 13.8. The molecule has 1 aromatic rings. The molecule has 1 aliphatic heterocycles. The van der Waals surface area contributed by atoms with Crippen molar-refractivity contribution >= 4 is 17.4 Å². The molecule has 0 atom stereocenters. The maximum absolute atomic E-state index is 11.7. The smallest absolute Gasteiger partial charge is 0.224 e. The summed E-state index contributed by atoms with van der Waals surface area (Å²) in [6.45, 7) is 6.23. The number of carbonyl (C=O) groups is 1. The lowest BCUT2D eigenvalue weighted by Crippen LogP contribution is -2.20. The SMILES string of the molecule is CCCCC(=O)Nc1ccc(N2CCCC2)nc1C. The molecule has 0 unspecified atom stereocenters. The molecule has 4 heteroatoms. The number of rotatable bonds is 5. The van der Waals surface area contributed by atoms with Gasteiger partial charge in [-0.25, -0.2) is 4.98 Å². The van der Waals surface area contributed by atoms with Crippen LogP contribution in [0.3, 0.4) is 0 Å². The molecule has 1 fully saturated rings. The number of unbranched alkanes of at least 4 members (excludes halogenated alkanes) is 1. The van der Waals surface area contributed by atoms with Crippen LogP contribution in [0.25, 0.3) is 0 Å². The minimum atomic E-state index is 0.0840. The molecule has 2 heterocycles. The Labute approximate surface area is 115 Å². The first-order valence-corrected chi connectivity index (χ1v) is 7.23. The van der Waals surface area contributed by atoms with E-state index in [1.807, 2.05) is 19.1 Å². The number of amides is 1. The third-order valence-electron chi connectivity index (χ3n) is 3.53. The molecular formula is C15H23N3O. The average Bonchev–Trinajstić information content (AvgIpc) is 2.92. The van der Waals surface area contributed by atoms with Gasteiger partial charge in [-0.1, -0.05) is 13.3 Å². The van der Waals surface area contributed by atoms with E-state index in [1.54, 1.807) is 0 Å². The number of hydrogen-bond acceptors (Lipinski definition) is 3. The Bertz CT molecular complexity index is 439. The van der Waals surface area contributed by atoms with E-state index in [0.717, 1.165) is 43.1 Å². The van der Waals surface area contributed by atoms with Gasteiger partial charge in [0.25, 0.3) is 0 Å². The van der Waals surface area contributed by atoms with E-state index < -0.39 is 0 Å². The lowest BCUT2D eigenvalue weighted by Gasteiger charge is -2.18. The second-order valence-corrected chi connectivity index (χ2v) is 5.15. The first-order chi connectivity index (χ1) is 9.20. The van der Waals surface area contributed by atoms with Crippen LogP contribution < -0.4 is 10.2 Å². The van der Waals surface area contributed by atoms with Crippen molar-refractivity contribution in [3.05, 3.63) is 17.8 Å². The third kappa shape index (κ3) is 3.69. The van der Waals surface area contributed by atoms with Gasteiger partial charge in [0.2, 0.25) is 5.91 Å². The standard InChI is InChI=1S/C15H23N3O/c1-3-4-7-15(19)17-13-8-9-14(16-12(13)2)18-10-5-6-11-18/h8-9H,3-7,10-11H2,1-2H3,(H,17,19). The largest absolute Gasteiger partial charge is 0.357 e. The predicted molar refractivity (Wildman–Crippen MR) is 78.6 cm³/mol. The maximum Gasteiger partial charge on any atom is 0.224 e. The van der Waals surface area contributed by atoms with Crippen molar-refractivity contribution in [3.63, 3.8) is 0 Å². The highest BCUT2D eigenvalue weighted by Crippen LogP contribution is 2.22. The zero-order valence-electron chi connectivity index (χ0n) is 11.9. The molecule has 0 aliphatic carbocycles. The lowest BCUT2D eigenvalue weighted by atomic mass is 10.2. The Kier molecular flexibility index (Phi) is 4.77. The maximum atomic E-state index is 11.7. The van der Waals surface area contributed by atoms with Gasteiger partial charge in [0, 0.05) is 19.5 Å². The zero-order chi connectivity index (χ0) is 13.7. The summed E-state index contributed by atoms with van der Waals surface area (Å²) >= 11 is 0. The Morgan fingerprint density at radius 3 is 2.74 bits per heavy atom. The molecule has 4 nitrogen and oxygen atoms in total. The van der Waals surface area contributed by atoms with Crippen molar-refractivity contribution in [2.75, 3.05) is 23.3 Å². The molecule has 0 bridgehead atoms. The average molecular weight is 261 g/mol. The highest BCUT2D eigenvalue weighted by atomic mass is 16.1. The Balaban J connectivity index is 2.00. The molecule has 1 aromatic heterocycles. The van der Waals surface area contributed by atoms with E-state index >= 15 is 0 Å².